The number of rotatable bonds is 0. The summed E-state index contributed by atoms with van der Waals surface area (Å²) in [5.41, 5.74) is 0. The van der Waals surface area contributed by atoms with Gasteiger partial charge in [-0.25, -0.2) is 5.26 Å². The van der Waals surface area contributed by atoms with Gasteiger partial charge in [0.2, 0.25) is 0 Å². The lowest BCUT2D eigenvalue weighted by atomic mass is 9.55. The predicted molar refractivity (Wildman–Crippen MR) is 26.1 cm³/mol. The molecule has 0 fully saturated rings. The molecule has 1 nitrogen and oxygen atoms in total. The minimum atomic E-state index is -0.231. The van der Waals surface area contributed by atoms with Gasteiger partial charge in [-0.3, -0.25) is 0 Å². The molecule has 0 unspecified atom stereocenters. The van der Waals surface area contributed by atoms with Crippen LogP contribution in [0.1, 0.15) is 0 Å². The third kappa shape index (κ3) is 1.44. The van der Waals surface area contributed by atoms with Gasteiger partial charge in [-0.2, -0.15) is 0 Å². The number of terminal acetylenes is 1. The van der Waals surface area contributed by atoms with Gasteiger partial charge in [0.1, 0.15) is 0 Å². The van der Waals surface area contributed by atoms with Gasteiger partial charge >= 0.3 is 6.71 Å². The van der Waals surface area contributed by atoms with E-state index in [0.717, 1.165) is 0 Å². The highest BCUT2D eigenvalue weighted by atomic mass is 14.2. The van der Waals surface area contributed by atoms with E-state index in [-0.39, 0.29) is 6.71 Å². The summed E-state index contributed by atoms with van der Waals surface area (Å²) in [6, 6.07) is 0. The maximum atomic E-state index is 7.94. The van der Waals surface area contributed by atoms with Gasteiger partial charge in [0.15, 0.2) is 0 Å². The largest absolute Gasteiger partial charge is 0.347 e. The molecule has 0 N–H and O–H groups in total. The minimum Gasteiger partial charge on any atom is -0.211 e. The Balaban J connectivity index is 3.40. The van der Waals surface area contributed by atoms with E-state index in [4.69, 9.17) is 11.7 Å². The van der Waals surface area contributed by atoms with E-state index in [2.05, 4.69) is 5.82 Å². The van der Waals surface area contributed by atoms with E-state index in [1.54, 1.807) is 6.82 Å². The van der Waals surface area contributed by atoms with Crippen molar-refractivity contribution in [3.8, 4) is 18.2 Å². The van der Waals surface area contributed by atoms with Crippen molar-refractivity contribution in [2.75, 3.05) is 0 Å². The zero-order chi connectivity index (χ0) is 4.99. The molecule has 0 saturated heterocycles. The normalized spacial score (nSPS) is 5.17. The first-order valence-electron chi connectivity index (χ1n) is 1.67. The molecule has 0 aliphatic rings. The van der Waals surface area contributed by atoms with Crippen molar-refractivity contribution < 1.29 is 0 Å². The SMILES string of the molecule is C#CB(C)C#N. The zero-order valence-electron chi connectivity index (χ0n) is 3.60. The second kappa shape index (κ2) is 2.36. The molecular weight excluding hydrogens is 72.9 g/mol. The summed E-state index contributed by atoms with van der Waals surface area (Å²) >= 11 is 0. The third-order valence-electron chi connectivity index (χ3n) is 0.444. The lowest BCUT2D eigenvalue weighted by Gasteiger charge is -1.69. The van der Waals surface area contributed by atoms with Gasteiger partial charge in [-0.15, -0.1) is 12.2 Å². The maximum absolute atomic E-state index is 7.94. The molecule has 0 aliphatic carbocycles. The number of nitriles is 1. The van der Waals surface area contributed by atoms with E-state index in [1.165, 1.54) is 0 Å². The van der Waals surface area contributed by atoms with Gasteiger partial charge in [-0.1, -0.05) is 6.82 Å². The first-order chi connectivity index (χ1) is 2.81. The van der Waals surface area contributed by atoms with Gasteiger partial charge in [-0.05, 0) is 0 Å². The van der Waals surface area contributed by atoms with Crippen molar-refractivity contribution in [3.63, 3.8) is 0 Å². The number of hydrogen-bond acceptors (Lipinski definition) is 1. The Morgan fingerprint density at radius 1 is 1.83 bits per heavy atom. The summed E-state index contributed by atoms with van der Waals surface area (Å²) in [4.78, 5) is 0. The number of nitrogens with zero attached hydrogens (tertiary/aromatic N) is 1. The predicted octanol–water partition coefficient (Wildman–Crippen LogP) is 0.346. The van der Waals surface area contributed by atoms with Crippen LogP contribution in [0.5, 0.6) is 0 Å². The molecule has 0 aromatic carbocycles. The van der Waals surface area contributed by atoms with Crippen molar-refractivity contribution >= 4 is 6.71 Å². The Hall–Kier alpha value is -0.885. The number of hydrogen-bond donors (Lipinski definition) is 0. The van der Waals surface area contributed by atoms with Crippen LogP contribution in [0.15, 0.2) is 0 Å². The van der Waals surface area contributed by atoms with Crippen molar-refractivity contribution in [1.82, 2.24) is 0 Å². The van der Waals surface area contributed by atoms with E-state index in [9.17, 15) is 0 Å². The fourth-order valence-corrected chi connectivity index (χ4v) is 0.0373. The van der Waals surface area contributed by atoms with E-state index < -0.39 is 0 Å². The Morgan fingerprint density at radius 3 is 2.33 bits per heavy atom. The quantitative estimate of drug-likeness (QED) is 0.302. The molecule has 6 heavy (non-hydrogen) atoms. The van der Waals surface area contributed by atoms with E-state index >= 15 is 0 Å². The van der Waals surface area contributed by atoms with Crippen LogP contribution in [0.3, 0.4) is 0 Å². The average Bonchev–Trinajstić information content (AvgIpc) is 1.65. The topological polar surface area (TPSA) is 23.8 Å². The Bertz CT molecular complexity index is 91.7. The Morgan fingerprint density at radius 2 is 2.33 bits per heavy atom. The van der Waals surface area contributed by atoms with Crippen LogP contribution in [0.2, 0.25) is 6.82 Å². The maximum Gasteiger partial charge on any atom is 0.347 e. The molecule has 0 rings (SSSR count). The molecule has 0 bridgehead atoms. The summed E-state index contributed by atoms with van der Waals surface area (Å²) in [5, 5.41) is 7.94. The summed E-state index contributed by atoms with van der Waals surface area (Å²) < 4.78 is 0. The first-order valence-corrected chi connectivity index (χ1v) is 1.67. The second-order valence-corrected chi connectivity index (χ2v) is 1.02. The van der Waals surface area contributed by atoms with Crippen molar-refractivity contribution in [2.24, 2.45) is 0 Å². The van der Waals surface area contributed by atoms with Gasteiger partial charge in [0.05, 0.1) is 0 Å². The van der Waals surface area contributed by atoms with Crippen molar-refractivity contribution in [3.05, 3.63) is 0 Å². The fourth-order valence-electron chi connectivity index (χ4n) is 0.0373. The van der Waals surface area contributed by atoms with Crippen LogP contribution in [0.4, 0.5) is 0 Å². The fraction of sp³-hybridized carbons (Fsp3) is 0.250. The summed E-state index contributed by atoms with van der Waals surface area (Å²) in [5.74, 6) is 4.13. The molecule has 2 heteroatoms. The smallest absolute Gasteiger partial charge is 0.211 e. The van der Waals surface area contributed by atoms with E-state index in [0.29, 0.717) is 0 Å². The molecule has 0 spiro atoms. The molecule has 28 valence electrons. The Labute approximate surface area is 38.0 Å². The van der Waals surface area contributed by atoms with Crippen LogP contribution in [-0.4, -0.2) is 6.71 Å². The standard InChI is InChI=1S/C4H4BN/c1-3-5(2)4-6/h1H,2H3. The third-order valence-corrected chi connectivity index (χ3v) is 0.444. The van der Waals surface area contributed by atoms with Gasteiger partial charge < -0.3 is 0 Å². The molecule has 0 aromatic heterocycles. The minimum absolute atomic E-state index is 0.231. The van der Waals surface area contributed by atoms with Crippen LogP contribution in [0, 0.1) is 23.5 Å². The Kier molecular flexibility index (Phi) is 2.01. The van der Waals surface area contributed by atoms with Crippen LogP contribution in [-0.2, 0) is 0 Å². The van der Waals surface area contributed by atoms with Crippen molar-refractivity contribution in [2.45, 2.75) is 6.82 Å². The molecular formula is C4H4BN. The summed E-state index contributed by atoms with van der Waals surface area (Å²) in [6.07, 6.45) is 4.81. The molecule has 0 aliphatic heterocycles. The molecule has 0 aromatic rings. The second-order valence-electron chi connectivity index (χ2n) is 1.02. The lowest BCUT2D eigenvalue weighted by molar-refractivity contribution is 1.56. The van der Waals surface area contributed by atoms with Gasteiger partial charge in [0, 0.05) is 5.97 Å². The summed E-state index contributed by atoms with van der Waals surface area (Å²) in [6.45, 7) is 1.45. The van der Waals surface area contributed by atoms with Gasteiger partial charge in [0.25, 0.3) is 0 Å². The summed E-state index contributed by atoms with van der Waals surface area (Å²) in [7, 11) is 0. The molecule has 0 heterocycles. The highest BCUT2D eigenvalue weighted by Crippen LogP contribution is 1.67. The molecule has 0 radical (unpaired) electrons. The van der Waals surface area contributed by atoms with Crippen LogP contribution >= 0.6 is 0 Å². The van der Waals surface area contributed by atoms with Crippen LogP contribution in [0.25, 0.3) is 0 Å². The lowest BCUT2D eigenvalue weighted by Crippen LogP contribution is -1.96. The zero-order valence-corrected chi connectivity index (χ0v) is 3.60. The van der Waals surface area contributed by atoms with Crippen molar-refractivity contribution in [1.29, 1.82) is 5.26 Å². The van der Waals surface area contributed by atoms with E-state index in [1.807, 2.05) is 5.97 Å². The first kappa shape index (κ1) is 5.11. The van der Waals surface area contributed by atoms with Crippen LogP contribution < -0.4 is 0 Å². The highest BCUT2D eigenvalue weighted by Gasteiger charge is 1.94. The average molecular weight is 76.9 g/mol. The molecule has 0 amide bonds. The molecule has 0 saturated carbocycles. The highest BCUT2D eigenvalue weighted by molar-refractivity contribution is 6.73. The monoisotopic (exact) mass is 77.0 g/mol. The molecule has 0 atom stereocenters.